The second kappa shape index (κ2) is 8.66. The molecule has 0 aromatic heterocycles. The zero-order valence-electron chi connectivity index (χ0n) is 18.4. The molecule has 1 heterocycles. The molecule has 2 aromatic rings. The summed E-state index contributed by atoms with van der Waals surface area (Å²) >= 11 is 0. The lowest BCUT2D eigenvalue weighted by Crippen LogP contribution is -2.59. The minimum Gasteiger partial charge on any atom is -0.457 e. The maximum Gasteiger partial charge on any atom is 0.316 e. The first kappa shape index (κ1) is 20.6. The van der Waals surface area contributed by atoms with Crippen molar-refractivity contribution in [3.63, 3.8) is 0 Å². The van der Waals surface area contributed by atoms with Gasteiger partial charge in [0, 0.05) is 11.5 Å². The lowest BCUT2D eigenvalue weighted by atomic mass is 9.53. The Hall–Kier alpha value is -2.33. The van der Waals surface area contributed by atoms with E-state index in [9.17, 15) is 4.79 Å². The number of esters is 1. The first-order valence-electron chi connectivity index (χ1n) is 11.9. The van der Waals surface area contributed by atoms with Gasteiger partial charge in [-0.2, -0.15) is 0 Å². The van der Waals surface area contributed by atoms with Gasteiger partial charge in [0.25, 0.3) is 0 Å². The fraction of sp³-hybridized carbons (Fsp3) is 0.519. The van der Waals surface area contributed by atoms with Gasteiger partial charge in [0.2, 0.25) is 6.79 Å². The molecule has 1 unspecified atom stereocenters. The van der Waals surface area contributed by atoms with Gasteiger partial charge in [-0.25, -0.2) is 0 Å². The molecule has 4 nitrogen and oxygen atoms in total. The number of ether oxygens (including phenoxy) is 2. The van der Waals surface area contributed by atoms with E-state index in [2.05, 4.69) is 17.4 Å². The Labute approximate surface area is 185 Å². The summed E-state index contributed by atoms with van der Waals surface area (Å²) in [6.45, 7) is 3.08. The van der Waals surface area contributed by atoms with E-state index < -0.39 is 0 Å². The van der Waals surface area contributed by atoms with Crippen molar-refractivity contribution in [2.75, 3.05) is 13.3 Å². The van der Waals surface area contributed by atoms with Crippen LogP contribution in [0.15, 0.2) is 48.5 Å². The summed E-state index contributed by atoms with van der Waals surface area (Å²) in [5, 5.41) is 3.79. The summed E-state index contributed by atoms with van der Waals surface area (Å²) in [7, 11) is 0. The van der Waals surface area contributed by atoms with E-state index in [1.54, 1.807) is 0 Å². The van der Waals surface area contributed by atoms with Gasteiger partial charge in [-0.3, -0.25) is 4.79 Å². The first-order chi connectivity index (χ1) is 15.2. The van der Waals surface area contributed by atoms with Gasteiger partial charge in [-0.15, -0.1) is 0 Å². The van der Waals surface area contributed by atoms with Crippen LogP contribution in [0.1, 0.15) is 68.1 Å². The minimum absolute atomic E-state index is 0.0401. The van der Waals surface area contributed by atoms with E-state index in [-0.39, 0.29) is 18.7 Å². The van der Waals surface area contributed by atoms with Crippen LogP contribution in [0.5, 0.6) is 5.75 Å². The summed E-state index contributed by atoms with van der Waals surface area (Å²) in [6.07, 6.45) is 8.34. The molecule has 4 heteroatoms. The van der Waals surface area contributed by atoms with E-state index in [0.717, 1.165) is 30.2 Å². The smallest absolute Gasteiger partial charge is 0.316 e. The van der Waals surface area contributed by atoms with Gasteiger partial charge in [0.15, 0.2) is 0 Å². The highest BCUT2D eigenvalue weighted by Gasteiger charge is 2.51. The molecule has 1 aliphatic heterocycles. The third kappa shape index (κ3) is 3.76. The Morgan fingerprint density at radius 3 is 2.87 bits per heavy atom. The summed E-state index contributed by atoms with van der Waals surface area (Å²) in [5.41, 5.74) is 4.26. The molecule has 4 atom stereocenters. The van der Waals surface area contributed by atoms with Crippen LogP contribution in [-0.4, -0.2) is 25.3 Å². The number of hydrogen-bond acceptors (Lipinski definition) is 4. The Kier molecular flexibility index (Phi) is 5.75. The fourth-order valence-electron chi connectivity index (χ4n) is 6.47. The molecular weight excluding hydrogens is 386 g/mol. The molecule has 1 N–H and O–H groups in total. The number of carbonyl (C=O) groups is 1. The standard InChI is InChI=1S/C27H33NO3/c1-2-22(19-8-4-3-5-9-19)26(29)31-18-30-21-12-11-20-16-25-23-10-6-7-13-27(23,14-15-28-25)24(20)17-21/h3-5,8-9,11-12,17,22-23,25,28H,2,6-7,10,13-16,18H2,1H3/t22?,23-,25+,27+/m1/s1. The van der Waals surface area contributed by atoms with E-state index in [1.807, 2.05) is 43.3 Å². The van der Waals surface area contributed by atoms with Crippen molar-refractivity contribution in [2.45, 2.75) is 69.2 Å². The first-order valence-corrected chi connectivity index (χ1v) is 11.9. The van der Waals surface area contributed by atoms with Gasteiger partial charge in [-0.1, -0.05) is 56.2 Å². The lowest BCUT2D eigenvalue weighted by molar-refractivity contribution is -0.152. The van der Waals surface area contributed by atoms with Crippen LogP contribution in [0.4, 0.5) is 0 Å². The Balaban J connectivity index is 1.28. The molecule has 3 aliphatic rings. The average molecular weight is 420 g/mol. The number of hydrogen-bond donors (Lipinski definition) is 1. The molecule has 2 fully saturated rings. The van der Waals surface area contributed by atoms with Gasteiger partial charge in [0.1, 0.15) is 5.75 Å². The van der Waals surface area contributed by atoms with Crippen molar-refractivity contribution >= 4 is 5.97 Å². The SMILES string of the molecule is CCC(C(=O)OCOc1ccc2c(c1)[C@]13CCCC[C@@H]1[C@H](C2)NCC3)c1ccccc1. The Bertz CT molecular complexity index is 923. The van der Waals surface area contributed by atoms with Crippen LogP contribution in [0, 0.1) is 5.92 Å². The zero-order valence-corrected chi connectivity index (χ0v) is 18.4. The Morgan fingerprint density at radius 1 is 1.16 bits per heavy atom. The number of carbonyl (C=O) groups excluding carboxylic acids is 1. The molecule has 1 saturated heterocycles. The molecule has 31 heavy (non-hydrogen) atoms. The molecule has 164 valence electrons. The van der Waals surface area contributed by atoms with Crippen molar-refractivity contribution in [1.82, 2.24) is 5.32 Å². The number of nitrogens with one attached hydrogen (secondary N) is 1. The molecule has 2 bridgehead atoms. The van der Waals surface area contributed by atoms with Crippen molar-refractivity contribution in [2.24, 2.45) is 5.92 Å². The molecule has 1 saturated carbocycles. The number of piperidine rings is 1. The van der Waals surface area contributed by atoms with E-state index in [4.69, 9.17) is 9.47 Å². The van der Waals surface area contributed by atoms with Crippen molar-refractivity contribution in [1.29, 1.82) is 0 Å². The maximum absolute atomic E-state index is 12.6. The molecule has 5 rings (SSSR count). The second-order valence-electron chi connectivity index (χ2n) is 9.44. The van der Waals surface area contributed by atoms with E-state index in [1.165, 1.54) is 43.2 Å². The normalized spacial score (nSPS) is 27.5. The van der Waals surface area contributed by atoms with Gasteiger partial charge in [0.05, 0.1) is 5.92 Å². The highest BCUT2D eigenvalue weighted by molar-refractivity contribution is 5.78. The third-order valence-electron chi connectivity index (χ3n) is 7.94. The number of benzene rings is 2. The molecule has 0 spiro atoms. The predicted octanol–water partition coefficient (Wildman–Crippen LogP) is 5.11. The van der Waals surface area contributed by atoms with Crippen LogP contribution >= 0.6 is 0 Å². The fourth-order valence-corrected chi connectivity index (χ4v) is 6.47. The van der Waals surface area contributed by atoms with Gasteiger partial charge in [-0.05, 0) is 73.4 Å². The average Bonchev–Trinajstić information content (AvgIpc) is 2.80. The monoisotopic (exact) mass is 419 g/mol. The topological polar surface area (TPSA) is 47.6 Å². The molecular formula is C27H33NO3. The number of fused-ring (bicyclic) bond motifs is 1. The second-order valence-corrected chi connectivity index (χ2v) is 9.44. The summed E-state index contributed by atoms with van der Waals surface area (Å²) < 4.78 is 11.4. The van der Waals surface area contributed by atoms with Crippen molar-refractivity contribution in [3.8, 4) is 5.75 Å². The molecule has 2 aromatic carbocycles. The highest BCUT2D eigenvalue weighted by atomic mass is 16.7. The lowest BCUT2D eigenvalue weighted by Gasteiger charge is -2.56. The van der Waals surface area contributed by atoms with Crippen LogP contribution in [0.25, 0.3) is 0 Å². The summed E-state index contributed by atoms with van der Waals surface area (Å²) in [4.78, 5) is 12.6. The highest BCUT2D eigenvalue weighted by Crippen LogP contribution is 2.54. The molecule has 0 radical (unpaired) electrons. The Morgan fingerprint density at radius 2 is 2.03 bits per heavy atom. The predicted molar refractivity (Wildman–Crippen MR) is 121 cm³/mol. The van der Waals surface area contributed by atoms with Crippen molar-refractivity contribution < 1.29 is 14.3 Å². The minimum atomic E-state index is -0.248. The van der Waals surface area contributed by atoms with Crippen LogP contribution in [0.3, 0.4) is 0 Å². The van der Waals surface area contributed by atoms with Crippen molar-refractivity contribution in [3.05, 3.63) is 65.2 Å². The third-order valence-corrected chi connectivity index (χ3v) is 7.94. The molecule has 2 aliphatic carbocycles. The van der Waals surface area contributed by atoms with Crippen LogP contribution in [0.2, 0.25) is 0 Å². The molecule has 0 amide bonds. The summed E-state index contributed by atoms with van der Waals surface area (Å²) in [5.74, 6) is 1.09. The van der Waals surface area contributed by atoms with Gasteiger partial charge < -0.3 is 14.8 Å². The largest absolute Gasteiger partial charge is 0.457 e. The van der Waals surface area contributed by atoms with Crippen LogP contribution < -0.4 is 10.1 Å². The quantitative estimate of drug-likeness (QED) is 0.522. The van der Waals surface area contributed by atoms with Crippen LogP contribution in [-0.2, 0) is 21.4 Å². The van der Waals surface area contributed by atoms with Gasteiger partial charge >= 0.3 is 5.97 Å². The summed E-state index contributed by atoms with van der Waals surface area (Å²) in [6, 6.07) is 17.0. The van der Waals surface area contributed by atoms with E-state index >= 15 is 0 Å². The van der Waals surface area contributed by atoms with E-state index in [0.29, 0.717) is 17.9 Å². The maximum atomic E-state index is 12.6. The number of rotatable bonds is 6. The zero-order chi connectivity index (χ0) is 21.3.